The molecule has 0 aliphatic heterocycles. The molecule has 0 bridgehead atoms. The van der Waals surface area contributed by atoms with Crippen molar-refractivity contribution in [3.63, 3.8) is 0 Å². The third kappa shape index (κ3) is 3.79. The third-order valence-corrected chi connectivity index (χ3v) is 2.85. The molecular formula is C13H11NiO3P. The van der Waals surface area contributed by atoms with Crippen LogP contribution < -0.4 is 14.3 Å². The van der Waals surface area contributed by atoms with Gasteiger partial charge in [-0.1, -0.05) is 45.0 Å². The molecule has 0 unspecified atom stereocenters. The van der Waals surface area contributed by atoms with Crippen LogP contribution in [0.15, 0.2) is 48.5 Å². The van der Waals surface area contributed by atoms with E-state index in [0.29, 0.717) is 5.75 Å². The summed E-state index contributed by atoms with van der Waals surface area (Å²) in [6, 6.07) is 15.0. The van der Waals surface area contributed by atoms with E-state index in [1.807, 2.05) is 43.3 Å². The molecule has 2 rings (SSSR count). The van der Waals surface area contributed by atoms with E-state index in [9.17, 15) is 9.79 Å². The Balaban J connectivity index is 0.00000162. The van der Waals surface area contributed by atoms with Gasteiger partial charge in [-0.05, 0) is 35.7 Å². The minimum atomic E-state index is -2.85. The Morgan fingerprint density at radius 1 is 0.944 bits per heavy atom. The Morgan fingerprint density at radius 2 is 1.56 bits per heavy atom. The molecule has 0 aliphatic carbocycles. The molecule has 96 valence electrons. The van der Waals surface area contributed by atoms with Crippen LogP contribution in [0.4, 0.5) is 0 Å². The Morgan fingerprint density at radius 3 is 2.11 bits per heavy atom. The molecular weight excluding hydrogens is 294 g/mol. The van der Waals surface area contributed by atoms with Crippen LogP contribution in [0.2, 0.25) is 0 Å². The van der Waals surface area contributed by atoms with Crippen LogP contribution in [0, 0.1) is 6.92 Å². The fourth-order valence-corrected chi connectivity index (χ4v) is 1.97. The molecule has 5 heteroatoms. The molecule has 0 aliphatic rings. The number of hydrogen-bond donors (Lipinski definition) is 0. The Labute approximate surface area is 117 Å². The first-order valence-electron chi connectivity index (χ1n) is 5.15. The van der Waals surface area contributed by atoms with E-state index >= 15 is 0 Å². The maximum atomic E-state index is 10.4. The van der Waals surface area contributed by atoms with Gasteiger partial charge in [0.25, 0.3) is 0 Å². The van der Waals surface area contributed by atoms with Crippen molar-refractivity contribution < 1.29 is 30.8 Å². The van der Waals surface area contributed by atoms with E-state index in [1.54, 1.807) is 12.1 Å². The van der Waals surface area contributed by atoms with Crippen molar-refractivity contribution in [3.8, 4) is 16.9 Å². The molecule has 18 heavy (non-hydrogen) atoms. The van der Waals surface area contributed by atoms with Crippen molar-refractivity contribution in [2.24, 2.45) is 0 Å². The van der Waals surface area contributed by atoms with Crippen molar-refractivity contribution in [2.75, 3.05) is 0 Å². The molecule has 0 N–H and O–H groups in total. The van der Waals surface area contributed by atoms with Gasteiger partial charge in [0.2, 0.25) is 0 Å². The monoisotopic (exact) mass is 304 g/mol. The van der Waals surface area contributed by atoms with Crippen LogP contribution in [-0.4, -0.2) is 0 Å². The smallest absolute Gasteiger partial charge is 0.810 e. The summed E-state index contributed by atoms with van der Waals surface area (Å²) in [5.74, 6) is 0.332. The van der Waals surface area contributed by atoms with Gasteiger partial charge in [-0.3, -0.25) is 0 Å². The van der Waals surface area contributed by atoms with Gasteiger partial charge in [-0.2, -0.15) is 0 Å². The van der Waals surface area contributed by atoms with Gasteiger partial charge in [0.05, 0.1) is 0 Å². The van der Waals surface area contributed by atoms with E-state index < -0.39 is 8.60 Å². The summed E-state index contributed by atoms with van der Waals surface area (Å²) in [6.45, 7) is 2.04. The van der Waals surface area contributed by atoms with Gasteiger partial charge in [0.15, 0.2) is 0 Å². The molecule has 3 nitrogen and oxygen atoms in total. The van der Waals surface area contributed by atoms with Crippen LogP contribution in [0.25, 0.3) is 11.1 Å². The minimum absolute atomic E-state index is 0. The molecule has 0 saturated carbocycles. The second kappa shape index (κ2) is 6.87. The van der Waals surface area contributed by atoms with Crippen molar-refractivity contribution in [1.29, 1.82) is 0 Å². The molecule has 0 saturated heterocycles. The Kier molecular flexibility index (Phi) is 5.78. The van der Waals surface area contributed by atoms with Crippen molar-refractivity contribution in [3.05, 3.63) is 54.1 Å². The average molecular weight is 305 g/mol. The first-order chi connectivity index (χ1) is 8.16. The second-order valence-corrected chi connectivity index (χ2v) is 4.28. The number of aryl methyl sites for hydroxylation is 1. The standard InChI is InChI=1S/C13H11O3P.Ni/c1-10-4-2-3-5-13(10)11-6-8-12(9-7-11)16-17(14)15;/h2-9H,1H3;/q-2;+2. The molecule has 0 amide bonds. The van der Waals surface area contributed by atoms with Gasteiger partial charge >= 0.3 is 16.5 Å². The van der Waals surface area contributed by atoms with Gasteiger partial charge in [-0.25, -0.2) is 0 Å². The van der Waals surface area contributed by atoms with E-state index in [0.717, 1.165) is 11.1 Å². The molecule has 0 atom stereocenters. The Bertz CT molecular complexity index is 500. The van der Waals surface area contributed by atoms with Gasteiger partial charge in [0, 0.05) is 0 Å². The summed E-state index contributed by atoms with van der Waals surface area (Å²) in [6.07, 6.45) is 0. The van der Waals surface area contributed by atoms with E-state index in [2.05, 4.69) is 4.52 Å². The molecule has 0 fully saturated rings. The van der Waals surface area contributed by atoms with Crippen LogP contribution in [0.3, 0.4) is 0 Å². The topological polar surface area (TPSA) is 55.3 Å². The number of benzene rings is 2. The minimum Gasteiger partial charge on any atom is -0.810 e. The summed E-state index contributed by atoms with van der Waals surface area (Å²) in [5.41, 5.74) is 3.35. The average Bonchev–Trinajstić information content (AvgIpc) is 2.30. The van der Waals surface area contributed by atoms with E-state index in [1.165, 1.54) is 5.56 Å². The number of rotatable bonds is 3. The predicted octanol–water partition coefficient (Wildman–Crippen LogP) is 1.99. The molecule has 2 aromatic carbocycles. The molecule has 2 aromatic rings. The van der Waals surface area contributed by atoms with Crippen molar-refractivity contribution in [1.82, 2.24) is 0 Å². The van der Waals surface area contributed by atoms with Crippen molar-refractivity contribution >= 4 is 8.60 Å². The second-order valence-electron chi connectivity index (χ2n) is 3.65. The zero-order valence-corrected chi connectivity index (χ0v) is 11.5. The predicted molar refractivity (Wildman–Crippen MR) is 64.2 cm³/mol. The van der Waals surface area contributed by atoms with Crippen LogP contribution in [0.1, 0.15) is 5.56 Å². The van der Waals surface area contributed by atoms with Crippen LogP contribution in [0.5, 0.6) is 5.75 Å². The normalized spacial score (nSPS) is 10.0. The zero-order valence-electron chi connectivity index (χ0n) is 9.61. The van der Waals surface area contributed by atoms with E-state index in [4.69, 9.17) is 0 Å². The third-order valence-electron chi connectivity index (χ3n) is 2.49. The largest absolute Gasteiger partial charge is 2.00 e. The van der Waals surface area contributed by atoms with Gasteiger partial charge in [0.1, 0.15) is 5.75 Å². The van der Waals surface area contributed by atoms with Gasteiger partial charge < -0.3 is 14.3 Å². The van der Waals surface area contributed by atoms with Crippen molar-refractivity contribution in [2.45, 2.75) is 6.92 Å². The quantitative estimate of drug-likeness (QED) is 0.643. The first kappa shape index (κ1) is 15.1. The molecule has 0 spiro atoms. The molecule has 0 heterocycles. The summed E-state index contributed by atoms with van der Waals surface area (Å²) < 4.78 is 4.59. The number of hydrogen-bond acceptors (Lipinski definition) is 3. The molecule has 0 radical (unpaired) electrons. The maximum Gasteiger partial charge on any atom is 2.00 e. The summed E-state index contributed by atoms with van der Waals surface area (Å²) in [4.78, 5) is 20.8. The van der Waals surface area contributed by atoms with Crippen LogP contribution in [-0.2, 0) is 16.5 Å². The summed E-state index contributed by atoms with van der Waals surface area (Å²) >= 11 is 0. The van der Waals surface area contributed by atoms with Crippen LogP contribution >= 0.6 is 8.60 Å². The maximum absolute atomic E-state index is 10.4. The van der Waals surface area contributed by atoms with E-state index in [-0.39, 0.29) is 16.5 Å². The van der Waals surface area contributed by atoms with Gasteiger partial charge in [-0.15, -0.1) is 0 Å². The molecule has 0 aromatic heterocycles. The fraction of sp³-hybridized carbons (Fsp3) is 0.0769. The Hall–Kier alpha value is -0.916. The SMILES string of the molecule is Cc1ccccc1-c1ccc(OP([O-])[O-])cc1.[Ni+2]. The fourth-order valence-electron chi connectivity index (χ4n) is 1.68. The zero-order chi connectivity index (χ0) is 12.3. The summed E-state index contributed by atoms with van der Waals surface area (Å²) in [7, 11) is -2.85. The summed E-state index contributed by atoms with van der Waals surface area (Å²) in [5, 5.41) is 0. The first-order valence-corrected chi connectivity index (χ1v) is 6.25.